The maximum atomic E-state index is 12.2. The number of carbonyl (C=O) groups is 2. The molecule has 0 saturated heterocycles. The number of anilines is 1. The lowest BCUT2D eigenvalue weighted by atomic mass is 10.1. The number of aryl methyl sites for hydroxylation is 2. The highest BCUT2D eigenvalue weighted by Gasteiger charge is 2.20. The first-order valence-electron chi connectivity index (χ1n) is 8.31. The number of nitrogens with zero attached hydrogens (tertiary/aromatic N) is 1. The normalized spacial score (nSPS) is 11.4. The van der Waals surface area contributed by atoms with Gasteiger partial charge in [0.2, 0.25) is 0 Å². The minimum Gasteiger partial charge on any atom is -0.482 e. The molecule has 0 aromatic heterocycles. The Morgan fingerprint density at radius 1 is 1.18 bits per heavy atom. The molecular formula is C19H19ClN2O6. The number of nitro groups is 1. The number of benzene rings is 2. The van der Waals surface area contributed by atoms with Crippen LogP contribution in [0.25, 0.3) is 0 Å². The van der Waals surface area contributed by atoms with Crippen LogP contribution in [0.2, 0.25) is 5.02 Å². The molecule has 0 bridgehead atoms. The number of hydrogen-bond donors (Lipinski definition) is 1. The highest BCUT2D eigenvalue weighted by atomic mass is 35.5. The van der Waals surface area contributed by atoms with Crippen molar-refractivity contribution in [3.05, 3.63) is 62.7 Å². The third-order valence-corrected chi connectivity index (χ3v) is 3.96. The second-order valence-electron chi connectivity index (χ2n) is 6.15. The van der Waals surface area contributed by atoms with E-state index < -0.39 is 22.9 Å². The molecule has 28 heavy (non-hydrogen) atoms. The minimum absolute atomic E-state index is 0.000716. The lowest BCUT2D eigenvalue weighted by Gasteiger charge is -2.14. The molecule has 1 unspecified atom stereocenters. The van der Waals surface area contributed by atoms with Gasteiger partial charge in [-0.15, -0.1) is 0 Å². The van der Waals surface area contributed by atoms with Crippen LogP contribution in [0.4, 0.5) is 11.4 Å². The summed E-state index contributed by atoms with van der Waals surface area (Å²) in [5.74, 6) is -0.809. The van der Waals surface area contributed by atoms with Crippen LogP contribution in [0, 0.1) is 24.0 Å². The van der Waals surface area contributed by atoms with Gasteiger partial charge in [-0.2, -0.15) is 0 Å². The third kappa shape index (κ3) is 5.95. The fourth-order valence-electron chi connectivity index (χ4n) is 2.40. The lowest BCUT2D eigenvalue weighted by molar-refractivity contribution is -0.384. The first-order chi connectivity index (χ1) is 13.2. The summed E-state index contributed by atoms with van der Waals surface area (Å²) >= 11 is 5.92. The molecule has 0 aliphatic heterocycles. The van der Waals surface area contributed by atoms with Crippen molar-refractivity contribution in [1.29, 1.82) is 0 Å². The summed E-state index contributed by atoms with van der Waals surface area (Å²) in [7, 11) is 0. The van der Waals surface area contributed by atoms with Gasteiger partial charge in [-0.1, -0.05) is 17.7 Å². The van der Waals surface area contributed by atoms with E-state index in [-0.39, 0.29) is 23.0 Å². The van der Waals surface area contributed by atoms with Crippen molar-refractivity contribution in [3.63, 3.8) is 0 Å². The molecule has 0 aliphatic rings. The third-order valence-electron chi connectivity index (χ3n) is 3.65. The van der Waals surface area contributed by atoms with E-state index in [0.717, 1.165) is 17.2 Å². The standard InChI is InChI=1S/C19H19ClN2O6/c1-11-6-12(2)8-15(7-11)27-10-18(23)28-13(3)19(24)21-17-5-4-14(22(25)26)9-16(17)20/h4-9,13H,10H2,1-3H3,(H,21,24). The zero-order chi connectivity index (χ0) is 20.8. The molecule has 0 aliphatic carbocycles. The minimum atomic E-state index is -1.11. The van der Waals surface area contributed by atoms with Crippen molar-refractivity contribution >= 4 is 34.9 Å². The van der Waals surface area contributed by atoms with Crippen molar-refractivity contribution in [3.8, 4) is 5.75 Å². The molecule has 1 atom stereocenters. The Hall–Kier alpha value is -3.13. The molecule has 0 spiro atoms. The highest BCUT2D eigenvalue weighted by molar-refractivity contribution is 6.34. The van der Waals surface area contributed by atoms with Crippen LogP contribution in [-0.2, 0) is 14.3 Å². The Morgan fingerprint density at radius 3 is 2.39 bits per heavy atom. The van der Waals surface area contributed by atoms with E-state index in [1.807, 2.05) is 19.9 Å². The number of ether oxygens (including phenoxy) is 2. The van der Waals surface area contributed by atoms with Crippen LogP contribution >= 0.6 is 11.6 Å². The molecule has 2 aromatic rings. The summed E-state index contributed by atoms with van der Waals surface area (Å²) in [6.07, 6.45) is -1.11. The fourth-order valence-corrected chi connectivity index (χ4v) is 2.62. The van der Waals surface area contributed by atoms with E-state index in [4.69, 9.17) is 21.1 Å². The Kier molecular flexibility index (Phi) is 6.94. The van der Waals surface area contributed by atoms with Crippen molar-refractivity contribution in [1.82, 2.24) is 0 Å². The number of esters is 1. The van der Waals surface area contributed by atoms with Crippen LogP contribution in [0.5, 0.6) is 5.75 Å². The number of halogens is 1. The molecule has 0 fully saturated rings. The Labute approximate surface area is 166 Å². The number of non-ortho nitro benzene ring substituents is 1. The average molecular weight is 407 g/mol. The van der Waals surface area contributed by atoms with Crippen LogP contribution < -0.4 is 10.1 Å². The quantitative estimate of drug-likeness (QED) is 0.425. The van der Waals surface area contributed by atoms with Gasteiger partial charge in [0.15, 0.2) is 12.7 Å². The van der Waals surface area contributed by atoms with E-state index in [1.165, 1.54) is 19.1 Å². The first-order valence-corrected chi connectivity index (χ1v) is 8.69. The molecule has 2 aromatic carbocycles. The predicted molar refractivity (Wildman–Crippen MR) is 104 cm³/mol. The Morgan fingerprint density at radius 2 is 1.82 bits per heavy atom. The number of amides is 1. The summed E-state index contributed by atoms with van der Waals surface area (Å²) in [6.45, 7) is 4.87. The molecule has 0 saturated carbocycles. The number of carbonyl (C=O) groups excluding carboxylic acids is 2. The topological polar surface area (TPSA) is 108 Å². The van der Waals surface area contributed by atoms with E-state index in [2.05, 4.69) is 5.32 Å². The van der Waals surface area contributed by atoms with Crippen molar-refractivity contribution < 1.29 is 24.0 Å². The molecule has 0 heterocycles. The average Bonchev–Trinajstić information content (AvgIpc) is 2.60. The van der Waals surface area contributed by atoms with Gasteiger partial charge in [0.25, 0.3) is 11.6 Å². The summed E-state index contributed by atoms with van der Waals surface area (Å²) in [4.78, 5) is 34.2. The van der Waals surface area contributed by atoms with E-state index >= 15 is 0 Å². The van der Waals surface area contributed by atoms with Crippen LogP contribution in [0.15, 0.2) is 36.4 Å². The summed E-state index contributed by atoms with van der Waals surface area (Å²) in [6, 6.07) is 9.17. The van der Waals surface area contributed by atoms with Gasteiger partial charge in [-0.25, -0.2) is 4.79 Å². The predicted octanol–water partition coefficient (Wildman–Crippen LogP) is 3.81. The smallest absolute Gasteiger partial charge is 0.344 e. The first kappa shape index (κ1) is 21.2. The van der Waals surface area contributed by atoms with Gasteiger partial charge >= 0.3 is 5.97 Å². The van der Waals surface area contributed by atoms with Gasteiger partial charge in [0.05, 0.1) is 15.6 Å². The second kappa shape index (κ2) is 9.18. The Bertz CT molecular complexity index is 895. The number of hydrogen-bond acceptors (Lipinski definition) is 6. The van der Waals surface area contributed by atoms with Crippen LogP contribution in [0.1, 0.15) is 18.1 Å². The molecule has 148 valence electrons. The zero-order valence-corrected chi connectivity index (χ0v) is 16.3. The largest absolute Gasteiger partial charge is 0.482 e. The summed E-state index contributed by atoms with van der Waals surface area (Å²) < 4.78 is 10.4. The van der Waals surface area contributed by atoms with E-state index in [1.54, 1.807) is 12.1 Å². The number of nitrogens with one attached hydrogen (secondary N) is 1. The van der Waals surface area contributed by atoms with Gasteiger partial charge < -0.3 is 14.8 Å². The van der Waals surface area contributed by atoms with Gasteiger partial charge in [-0.3, -0.25) is 14.9 Å². The summed E-state index contributed by atoms with van der Waals surface area (Å²) in [5, 5.41) is 13.2. The van der Waals surface area contributed by atoms with Crippen LogP contribution in [-0.4, -0.2) is 29.5 Å². The van der Waals surface area contributed by atoms with Crippen molar-refractivity contribution in [2.45, 2.75) is 26.9 Å². The van der Waals surface area contributed by atoms with E-state index in [9.17, 15) is 19.7 Å². The SMILES string of the molecule is Cc1cc(C)cc(OCC(=O)OC(C)C(=O)Nc2ccc([N+](=O)[O-])cc2Cl)c1. The van der Waals surface area contributed by atoms with Crippen molar-refractivity contribution in [2.24, 2.45) is 0 Å². The molecule has 1 N–H and O–H groups in total. The lowest BCUT2D eigenvalue weighted by Crippen LogP contribution is -2.31. The molecule has 1 amide bonds. The van der Waals surface area contributed by atoms with Gasteiger partial charge in [0, 0.05) is 12.1 Å². The zero-order valence-electron chi connectivity index (χ0n) is 15.5. The molecule has 0 radical (unpaired) electrons. The highest BCUT2D eigenvalue weighted by Crippen LogP contribution is 2.26. The maximum Gasteiger partial charge on any atom is 0.344 e. The molecule has 9 heteroatoms. The molecular weight excluding hydrogens is 388 g/mol. The molecule has 8 nitrogen and oxygen atoms in total. The van der Waals surface area contributed by atoms with Gasteiger partial charge in [0.1, 0.15) is 5.75 Å². The maximum absolute atomic E-state index is 12.2. The van der Waals surface area contributed by atoms with Crippen LogP contribution in [0.3, 0.4) is 0 Å². The Balaban J connectivity index is 1.89. The second-order valence-corrected chi connectivity index (χ2v) is 6.56. The van der Waals surface area contributed by atoms with Gasteiger partial charge in [-0.05, 0) is 50.1 Å². The monoisotopic (exact) mass is 406 g/mol. The summed E-state index contributed by atoms with van der Waals surface area (Å²) in [5.41, 5.74) is 1.96. The number of nitro benzene ring substituents is 1. The van der Waals surface area contributed by atoms with Crippen molar-refractivity contribution in [2.75, 3.05) is 11.9 Å². The molecule has 2 rings (SSSR count). The fraction of sp³-hybridized carbons (Fsp3) is 0.263. The number of rotatable bonds is 7. The van der Waals surface area contributed by atoms with E-state index in [0.29, 0.717) is 5.75 Å².